The second kappa shape index (κ2) is 6.04. The van der Waals surface area contributed by atoms with Crippen molar-refractivity contribution in [3.05, 3.63) is 23.9 Å². The highest BCUT2D eigenvalue weighted by atomic mass is 19.4. The quantitative estimate of drug-likeness (QED) is 0.883. The van der Waals surface area contributed by atoms with Gasteiger partial charge in [-0.15, -0.1) is 0 Å². The van der Waals surface area contributed by atoms with Crippen molar-refractivity contribution in [3.63, 3.8) is 0 Å². The second-order valence-electron chi connectivity index (χ2n) is 4.56. The van der Waals surface area contributed by atoms with Crippen molar-refractivity contribution in [2.75, 3.05) is 26.0 Å². The molecule has 1 rings (SSSR count). The molecule has 1 heterocycles. The van der Waals surface area contributed by atoms with Crippen LogP contribution in [0.3, 0.4) is 0 Å². The number of rotatable bonds is 5. The molecule has 1 N–H and O–H groups in total. The fourth-order valence-corrected chi connectivity index (χ4v) is 1.46. The molecule has 18 heavy (non-hydrogen) atoms. The number of hydrogen-bond acceptors (Lipinski definition) is 3. The largest absolute Gasteiger partial charge is 0.416 e. The molecule has 0 spiro atoms. The lowest BCUT2D eigenvalue weighted by Gasteiger charge is -2.17. The van der Waals surface area contributed by atoms with Crippen molar-refractivity contribution < 1.29 is 13.2 Å². The van der Waals surface area contributed by atoms with Crippen LogP contribution in [0.15, 0.2) is 18.3 Å². The van der Waals surface area contributed by atoms with Gasteiger partial charge in [-0.3, -0.25) is 0 Å². The molecule has 0 aromatic carbocycles. The van der Waals surface area contributed by atoms with Crippen LogP contribution >= 0.6 is 0 Å². The molecule has 1 atom stereocenters. The molecule has 0 aliphatic rings. The van der Waals surface area contributed by atoms with Crippen molar-refractivity contribution in [3.8, 4) is 0 Å². The van der Waals surface area contributed by atoms with E-state index in [4.69, 9.17) is 0 Å². The number of nitrogens with zero attached hydrogens (tertiary/aromatic N) is 2. The number of hydrogen-bond donors (Lipinski definition) is 1. The maximum absolute atomic E-state index is 12.5. The topological polar surface area (TPSA) is 28.2 Å². The van der Waals surface area contributed by atoms with Crippen LogP contribution in [0, 0.1) is 0 Å². The molecule has 6 heteroatoms. The van der Waals surface area contributed by atoms with E-state index < -0.39 is 11.7 Å². The lowest BCUT2D eigenvalue weighted by Crippen LogP contribution is -2.23. The van der Waals surface area contributed by atoms with Crippen molar-refractivity contribution >= 4 is 5.82 Å². The van der Waals surface area contributed by atoms with Gasteiger partial charge in [0, 0.05) is 12.2 Å². The molecule has 0 radical (unpaired) electrons. The van der Waals surface area contributed by atoms with Crippen LogP contribution in [0.1, 0.15) is 18.9 Å². The van der Waals surface area contributed by atoms with E-state index in [9.17, 15) is 13.2 Å². The summed E-state index contributed by atoms with van der Waals surface area (Å²) in [5.74, 6) is 0.260. The van der Waals surface area contributed by atoms with Crippen molar-refractivity contribution in [1.82, 2.24) is 9.88 Å². The Labute approximate surface area is 105 Å². The number of pyridine rings is 1. The third-order valence-corrected chi connectivity index (χ3v) is 2.49. The highest BCUT2D eigenvalue weighted by molar-refractivity contribution is 5.39. The molecule has 0 aliphatic heterocycles. The average Bonchev–Trinajstić information content (AvgIpc) is 2.25. The third-order valence-electron chi connectivity index (χ3n) is 2.49. The Hall–Kier alpha value is -1.30. The predicted molar refractivity (Wildman–Crippen MR) is 65.5 cm³/mol. The molecule has 0 saturated heterocycles. The van der Waals surface area contributed by atoms with Gasteiger partial charge in [0.2, 0.25) is 0 Å². The third kappa shape index (κ3) is 4.91. The number of aromatic nitrogens is 1. The van der Waals surface area contributed by atoms with E-state index in [1.165, 1.54) is 6.20 Å². The average molecular weight is 261 g/mol. The molecule has 0 amide bonds. The fraction of sp³-hybridized carbons (Fsp3) is 0.583. The van der Waals surface area contributed by atoms with Crippen molar-refractivity contribution in [1.29, 1.82) is 0 Å². The van der Waals surface area contributed by atoms with Gasteiger partial charge < -0.3 is 10.2 Å². The van der Waals surface area contributed by atoms with Crippen molar-refractivity contribution in [2.45, 2.75) is 25.6 Å². The summed E-state index contributed by atoms with van der Waals surface area (Å²) in [5.41, 5.74) is -0.681. The molecule has 0 aliphatic carbocycles. The molecule has 1 aromatic heterocycles. The highest BCUT2D eigenvalue weighted by Gasteiger charge is 2.30. The van der Waals surface area contributed by atoms with E-state index in [1.54, 1.807) is 0 Å². The van der Waals surface area contributed by atoms with Gasteiger partial charge in [0.15, 0.2) is 0 Å². The summed E-state index contributed by atoms with van der Waals surface area (Å²) < 4.78 is 37.5. The Morgan fingerprint density at radius 2 is 2.06 bits per heavy atom. The maximum atomic E-state index is 12.5. The molecule has 0 bridgehead atoms. The van der Waals surface area contributed by atoms with Crippen LogP contribution in [0.25, 0.3) is 0 Å². The van der Waals surface area contributed by atoms with E-state index in [1.807, 2.05) is 25.9 Å². The minimum absolute atomic E-state index is 0.0726. The number of alkyl halides is 3. The first-order chi connectivity index (χ1) is 8.29. The van der Waals surface area contributed by atoms with Gasteiger partial charge in [-0.05, 0) is 46.1 Å². The Kier molecular flexibility index (Phi) is 4.95. The Bertz CT molecular complexity index is 377. The van der Waals surface area contributed by atoms with Gasteiger partial charge in [-0.1, -0.05) is 0 Å². The van der Waals surface area contributed by atoms with Crippen LogP contribution in [-0.4, -0.2) is 36.6 Å². The van der Waals surface area contributed by atoms with Gasteiger partial charge in [0.1, 0.15) is 5.82 Å². The fourth-order valence-electron chi connectivity index (χ4n) is 1.46. The highest BCUT2D eigenvalue weighted by Crippen LogP contribution is 2.29. The molecule has 0 fully saturated rings. The zero-order valence-electron chi connectivity index (χ0n) is 10.8. The summed E-state index contributed by atoms with van der Waals surface area (Å²) in [5, 5.41) is 2.97. The minimum Gasteiger partial charge on any atom is -0.368 e. The van der Waals surface area contributed by atoms with Crippen LogP contribution in [0.4, 0.5) is 19.0 Å². The summed E-state index contributed by atoms with van der Waals surface area (Å²) >= 11 is 0. The number of halogens is 3. The van der Waals surface area contributed by atoms with E-state index in [2.05, 4.69) is 10.3 Å². The maximum Gasteiger partial charge on any atom is 0.416 e. The summed E-state index contributed by atoms with van der Waals surface area (Å²) in [6.45, 7) is 2.79. The van der Waals surface area contributed by atoms with Crippen molar-refractivity contribution in [2.24, 2.45) is 0 Å². The van der Waals surface area contributed by atoms with Crippen LogP contribution in [-0.2, 0) is 6.18 Å². The zero-order chi connectivity index (χ0) is 13.8. The van der Waals surface area contributed by atoms with Gasteiger partial charge >= 0.3 is 6.18 Å². The Balaban J connectivity index is 2.62. The van der Waals surface area contributed by atoms with E-state index >= 15 is 0 Å². The smallest absolute Gasteiger partial charge is 0.368 e. The number of anilines is 1. The van der Waals surface area contributed by atoms with Crippen LogP contribution in [0.2, 0.25) is 0 Å². The lowest BCUT2D eigenvalue weighted by molar-refractivity contribution is -0.137. The van der Waals surface area contributed by atoms with E-state index in [-0.39, 0.29) is 11.9 Å². The molecule has 102 valence electrons. The Morgan fingerprint density at radius 1 is 1.39 bits per heavy atom. The summed E-state index contributed by atoms with van der Waals surface area (Å²) in [6.07, 6.45) is -2.32. The minimum atomic E-state index is -4.33. The first-order valence-electron chi connectivity index (χ1n) is 5.73. The summed E-state index contributed by atoms with van der Waals surface area (Å²) in [7, 11) is 3.91. The summed E-state index contributed by atoms with van der Waals surface area (Å²) in [6, 6.07) is 2.07. The molecule has 1 unspecified atom stereocenters. The second-order valence-corrected chi connectivity index (χ2v) is 4.56. The van der Waals surface area contributed by atoms with Gasteiger partial charge in [0.05, 0.1) is 5.56 Å². The molecular formula is C12H18F3N3. The standard InChI is InChI=1S/C12H18F3N3/c1-9(5-7-18(2)3)17-11-8-10(4-6-16-11)12(13,14)15/h4,6,8-9H,5,7H2,1-3H3,(H,16,17). The van der Waals surface area contributed by atoms with E-state index in [0.29, 0.717) is 0 Å². The first kappa shape index (κ1) is 14.8. The first-order valence-corrected chi connectivity index (χ1v) is 5.73. The molecule has 0 saturated carbocycles. The number of nitrogens with one attached hydrogen (secondary N) is 1. The molecular weight excluding hydrogens is 243 g/mol. The monoisotopic (exact) mass is 261 g/mol. The SMILES string of the molecule is CC(CCN(C)C)Nc1cc(C(F)(F)F)ccn1. The van der Waals surface area contributed by atoms with E-state index in [0.717, 1.165) is 25.1 Å². The lowest BCUT2D eigenvalue weighted by atomic mass is 10.2. The van der Waals surface area contributed by atoms with Gasteiger partial charge in [-0.25, -0.2) is 4.98 Å². The Morgan fingerprint density at radius 3 is 2.61 bits per heavy atom. The molecule has 3 nitrogen and oxygen atoms in total. The predicted octanol–water partition coefficient (Wildman–Crippen LogP) is 2.85. The van der Waals surface area contributed by atoms with Gasteiger partial charge in [-0.2, -0.15) is 13.2 Å². The summed E-state index contributed by atoms with van der Waals surface area (Å²) in [4.78, 5) is 5.92. The van der Waals surface area contributed by atoms with Gasteiger partial charge in [0.25, 0.3) is 0 Å². The van der Waals surface area contributed by atoms with Crippen LogP contribution < -0.4 is 5.32 Å². The molecule has 1 aromatic rings. The normalized spacial score (nSPS) is 13.7. The zero-order valence-corrected chi connectivity index (χ0v) is 10.8. The van der Waals surface area contributed by atoms with Crippen LogP contribution in [0.5, 0.6) is 0 Å².